The van der Waals surface area contributed by atoms with Crippen LogP contribution in [0.3, 0.4) is 0 Å². The van der Waals surface area contributed by atoms with Crippen molar-refractivity contribution in [3.63, 3.8) is 0 Å². The van der Waals surface area contributed by atoms with E-state index in [-0.39, 0.29) is 0 Å². The van der Waals surface area contributed by atoms with Gasteiger partial charge in [-0.05, 0) is 31.3 Å². The van der Waals surface area contributed by atoms with E-state index in [0.717, 1.165) is 12.1 Å². The summed E-state index contributed by atoms with van der Waals surface area (Å²) < 4.78 is 5.25. The summed E-state index contributed by atoms with van der Waals surface area (Å²) in [7, 11) is 1.79. The Morgan fingerprint density at radius 1 is 1.50 bits per heavy atom. The second-order valence-corrected chi connectivity index (χ2v) is 4.91. The van der Waals surface area contributed by atoms with Crippen LogP contribution in [-0.4, -0.2) is 33.7 Å². The second-order valence-electron chi connectivity index (χ2n) is 4.09. The van der Waals surface area contributed by atoms with Gasteiger partial charge in [0.15, 0.2) is 5.11 Å². The molecule has 5 nitrogen and oxygen atoms in total. The van der Waals surface area contributed by atoms with E-state index >= 15 is 0 Å². The molecule has 0 saturated carbocycles. The molecule has 2 aromatic rings. The van der Waals surface area contributed by atoms with E-state index in [0.29, 0.717) is 28.4 Å². The Morgan fingerprint density at radius 3 is 2.95 bits per heavy atom. The summed E-state index contributed by atoms with van der Waals surface area (Å²) in [5, 5.41) is 8.18. The van der Waals surface area contributed by atoms with Gasteiger partial charge in [0.05, 0.1) is 6.54 Å². The predicted molar refractivity (Wildman–Crippen MR) is 82.5 cm³/mol. The lowest BCUT2D eigenvalue weighted by atomic mass is 10.2. The van der Waals surface area contributed by atoms with Crippen LogP contribution in [0, 0.1) is 0 Å². The Hall–Kier alpha value is -1.66. The molecule has 1 N–H and O–H groups in total. The number of aromatic nitrogens is 2. The molecule has 1 aromatic carbocycles. The van der Waals surface area contributed by atoms with Gasteiger partial charge in [0.2, 0.25) is 11.7 Å². The fourth-order valence-electron chi connectivity index (χ4n) is 1.71. The van der Waals surface area contributed by atoms with E-state index in [1.165, 1.54) is 0 Å². The lowest BCUT2D eigenvalue weighted by Gasteiger charge is -2.20. The van der Waals surface area contributed by atoms with Crippen molar-refractivity contribution in [2.45, 2.75) is 13.5 Å². The number of benzene rings is 1. The number of nitrogens with one attached hydrogen (secondary N) is 1. The molecule has 1 heterocycles. The zero-order valence-electron chi connectivity index (χ0n) is 11.3. The fourth-order valence-corrected chi connectivity index (χ4v) is 2.10. The molecule has 1 aromatic heterocycles. The molecule has 0 unspecified atom stereocenters. The molecule has 0 fully saturated rings. The van der Waals surface area contributed by atoms with Crippen LogP contribution in [0.4, 0.5) is 0 Å². The van der Waals surface area contributed by atoms with E-state index in [1.807, 2.05) is 24.0 Å². The standard InChI is InChI=1S/C13H15ClN4OS/c1-3-18(13(20)15-2)8-11-16-12(17-19-11)9-5-4-6-10(14)7-9/h4-7H,3,8H2,1-2H3,(H,15,20). The summed E-state index contributed by atoms with van der Waals surface area (Å²) in [4.78, 5) is 6.30. The van der Waals surface area contributed by atoms with Crippen LogP contribution in [-0.2, 0) is 6.54 Å². The molecule has 7 heteroatoms. The monoisotopic (exact) mass is 310 g/mol. The molecule has 0 atom stereocenters. The molecule has 0 amide bonds. The van der Waals surface area contributed by atoms with Gasteiger partial charge < -0.3 is 14.7 Å². The Labute approximate surface area is 127 Å². The molecular weight excluding hydrogens is 296 g/mol. The smallest absolute Gasteiger partial charge is 0.246 e. The minimum absolute atomic E-state index is 0.476. The highest BCUT2D eigenvalue weighted by Crippen LogP contribution is 2.20. The van der Waals surface area contributed by atoms with Crippen molar-refractivity contribution >= 4 is 28.9 Å². The quantitative estimate of drug-likeness (QED) is 0.876. The minimum atomic E-state index is 0.476. The van der Waals surface area contributed by atoms with Crippen molar-refractivity contribution in [3.8, 4) is 11.4 Å². The molecular formula is C13H15ClN4OS. The molecule has 0 spiro atoms. The molecule has 0 bridgehead atoms. The van der Waals surface area contributed by atoms with Crippen LogP contribution >= 0.6 is 23.8 Å². The Balaban J connectivity index is 2.15. The summed E-state index contributed by atoms with van der Waals surface area (Å²) >= 11 is 11.1. The van der Waals surface area contributed by atoms with Crippen LogP contribution in [0.15, 0.2) is 28.8 Å². The molecule has 0 saturated heterocycles. The third-order valence-electron chi connectivity index (χ3n) is 2.76. The van der Waals surface area contributed by atoms with Gasteiger partial charge in [0, 0.05) is 24.2 Å². The summed E-state index contributed by atoms with van der Waals surface area (Å²) in [6.07, 6.45) is 0. The Morgan fingerprint density at radius 2 is 2.30 bits per heavy atom. The first-order chi connectivity index (χ1) is 9.63. The summed E-state index contributed by atoms with van der Waals surface area (Å²) in [6, 6.07) is 7.33. The summed E-state index contributed by atoms with van der Waals surface area (Å²) in [5.74, 6) is 1.04. The number of thiocarbonyl (C=S) groups is 1. The van der Waals surface area contributed by atoms with Crippen molar-refractivity contribution in [1.29, 1.82) is 0 Å². The summed E-state index contributed by atoms with van der Waals surface area (Å²) in [5.41, 5.74) is 0.826. The van der Waals surface area contributed by atoms with E-state index in [4.69, 9.17) is 28.3 Å². The van der Waals surface area contributed by atoms with Crippen LogP contribution < -0.4 is 5.32 Å². The number of nitrogens with zero attached hydrogens (tertiary/aromatic N) is 3. The first-order valence-corrected chi connectivity index (χ1v) is 6.97. The molecule has 0 aliphatic heterocycles. The van der Waals surface area contributed by atoms with E-state index in [2.05, 4.69) is 15.5 Å². The average molecular weight is 311 g/mol. The largest absolute Gasteiger partial charge is 0.366 e. The molecule has 0 aliphatic rings. The van der Waals surface area contributed by atoms with Gasteiger partial charge in [-0.2, -0.15) is 4.98 Å². The SMILES string of the molecule is CCN(Cc1nc(-c2cccc(Cl)c2)no1)C(=S)NC. The zero-order valence-corrected chi connectivity index (χ0v) is 12.8. The van der Waals surface area contributed by atoms with Crippen molar-refractivity contribution in [1.82, 2.24) is 20.4 Å². The predicted octanol–water partition coefficient (Wildman–Crippen LogP) is 2.72. The van der Waals surface area contributed by atoms with Gasteiger partial charge in [-0.15, -0.1) is 0 Å². The van der Waals surface area contributed by atoms with Crippen LogP contribution in [0.2, 0.25) is 5.02 Å². The van der Waals surface area contributed by atoms with Gasteiger partial charge in [0.1, 0.15) is 0 Å². The zero-order chi connectivity index (χ0) is 14.5. The molecule has 2 rings (SSSR count). The minimum Gasteiger partial charge on any atom is -0.366 e. The first-order valence-electron chi connectivity index (χ1n) is 6.19. The van der Waals surface area contributed by atoms with Crippen molar-refractivity contribution in [2.75, 3.05) is 13.6 Å². The van der Waals surface area contributed by atoms with Crippen LogP contribution in [0.25, 0.3) is 11.4 Å². The van der Waals surface area contributed by atoms with Crippen LogP contribution in [0.5, 0.6) is 0 Å². The lowest BCUT2D eigenvalue weighted by Crippen LogP contribution is -2.37. The maximum atomic E-state index is 5.95. The van der Waals surface area contributed by atoms with Crippen molar-refractivity contribution in [2.24, 2.45) is 0 Å². The van der Waals surface area contributed by atoms with Gasteiger partial charge in [0.25, 0.3) is 0 Å². The lowest BCUT2D eigenvalue weighted by molar-refractivity contribution is 0.317. The highest BCUT2D eigenvalue weighted by molar-refractivity contribution is 7.80. The maximum absolute atomic E-state index is 5.95. The van der Waals surface area contributed by atoms with E-state index < -0.39 is 0 Å². The number of hydrogen-bond donors (Lipinski definition) is 1. The maximum Gasteiger partial charge on any atom is 0.246 e. The van der Waals surface area contributed by atoms with Crippen molar-refractivity contribution < 1.29 is 4.52 Å². The highest BCUT2D eigenvalue weighted by atomic mass is 35.5. The Kier molecular flexibility index (Phi) is 4.92. The average Bonchev–Trinajstić information content (AvgIpc) is 2.92. The normalized spacial score (nSPS) is 10.3. The van der Waals surface area contributed by atoms with Gasteiger partial charge in [-0.1, -0.05) is 28.9 Å². The van der Waals surface area contributed by atoms with Gasteiger partial charge in [-0.25, -0.2) is 0 Å². The third-order valence-corrected chi connectivity index (χ3v) is 3.46. The molecule has 20 heavy (non-hydrogen) atoms. The van der Waals surface area contributed by atoms with E-state index in [9.17, 15) is 0 Å². The van der Waals surface area contributed by atoms with Crippen molar-refractivity contribution in [3.05, 3.63) is 35.2 Å². The molecule has 0 radical (unpaired) electrons. The van der Waals surface area contributed by atoms with E-state index in [1.54, 1.807) is 19.2 Å². The Bertz CT molecular complexity index is 602. The summed E-state index contributed by atoms with van der Waals surface area (Å²) in [6.45, 7) is 3.25. The van der Waals surface area contributed by atoms with Gasteiger partial charge >= 0.3 is 0 Å². The molecule has 0 aliphatic carbocycles. The number of halogens is 1. The topological polar surface area (TPSA) is 54.2 Å². The number of rotatable bonds is 4. The first kappa shape index (κ1) is 14.7. The number of hydrogen-bond acceptors (Lipinski definition) is 4. The fraction of sp³-hybridized carbons (Fsp3) is 0.308. The third kappa shape index (κ3) is 3.46. The highest BCUT2D eigenvalue weighted by Gasteiger charge is 2.13. The second kappa shape index (κ2) is 6.67. The van der Waals surface area contributed by atoms with Crippen LogP contribution in [0.1, 0.15) is 12.8 Å². The molecule has 106 valence electrons. The van der Waals surface area contributed by atoms with Gasteiger partial charge in [-0.3, -0.25) is 0 Å².